The van der Waals surface area contributed by atoms with Crippen LogP contribution in [0, 0.1) is 0 Å². The number of carboxylic acids is 1. The van der Waals surface area contributed by atoms with Crippen LogP contribution in [0.2, 0.25) is 0 Å². The summed E-state index contributed by atoms with van der Waals surface area (Å²) in [5.74, 6) is -2.03. The van der Waals surface area contributed by atoms with Crippen LogP contribution in [0.25, 0.3) is 0 Å². The maximum absolute atomic E-state index is 11.7. The first kappa shape index (κ1) is 13.3. The number of nitrogens with zero attached hydrogens (tertiary/aromatic N) is 1. The van der Waals surface area contributed by atoms with Crippen LogP contribution in [0.15, 0.2) is 0 Å². The molecule has 0 radical (unpaired) electrons. The summed E-state index contributed by atoms with van der Waals surface area (Å²) in [5, 5.41) is 7.60. The lowest BCUT2D eigenvalue weighted by molar-refractivity contribution is -0.156. The van der Waals surface area contributed by atoms with Gasteiger partial charge in [-0.25, -0.2) is 13.2 Å². The van der Waals surface area contributed by atoms with Gasteiger partial charge in [0.05, 0.1) is 0 Å². The van der Waals surface area contributed by atoms with E-state index in [-0.39, 0.29) is 18.1 Å². The molecule has 1 atom stereocenters. The summed E-state index contributed by atoms with van der Waals surface area (Å²) in [6.07, 6.45) is 0. The van der Waals surface area contributed by atoms with Crippen LogP contribution in [0.5, 0.6) is 0 Å². The number of hydrogen-bond acceptors (Lipinski definition) is 5. The van der Waals surface area contributed by atoms with E-state index in [0.717, 1.165) is 4.90 Å². The van der Waals surface area contributed by atoms with E-state index < -0.39 is 27.1 Å². The largest absolute Gasteiger partial charge is 0.474 e. The van der Waals surface area contributed by atoms with Crippen LogP contribution in [0.1, 0.15) is 6.92 Å². The number of carbonyl (C=O) groups is 2. The normalized spacial score (nSPS) is 21.8. The molecular weight excluding hydrogens is 254 g/mol. The van der Waals surface area contributed by atoms with Gasteiger partial charge in [0.15, 0.2) is 9.84 Å². The molecule has 0 aromatic carbocycles. The van der Waals surface area contributed by atoms with Crippen molar-refractivity contribution >= 4 is 33.5 Å². The molecule has 1 aliphatic rings. The topological polar surface area (TPSA) is 91.8 Å². The van der Waals surface area contributed by atoms with Crippen molar-refractivity contribution in [3.63, 3.8) is 0 Å². The van der Waals surface area contributed by atoms with Crippen molar-refractivity contribution in [1.29, 1.82) is 0 Å². The fourth-order valence-electron chi connectivity index (χ4n) is 1.43. The van der Waals surface area contributed by atoms with Crippen molar-refractivity contribution in [2.75, 3.05) is 23.8 Å². The molecule has 0 aliphatic carbocycles. The second kappa shape index (κ2) is 5.05. The van der Waals surface area contributed by atoms with E-state index in [1.165, 1.54) is 18.7 Å². The Morgan fingerprint density at radius 1 is 1.50 bits per heavy atom. The number of amides is 1. The van der Waals surface area contributed by atoms with Crippen LogP contribution in [0.3, 0.4) is 0 Å². The zero-order valence-electron chi connectivity index (χ0n) is 8.75. The highest BCUT2D eigenvalue weighted by Gasteiger charge is 2.37. The number of sulfone groups is 1. The highest BCUT2D eigenvalue weighted by molar-refractivity contribution is 8.01. The fraction of sp³-hybridized carbons (Fsp3) is 0.750. The summed E-state index contributed by atoms with van der Waals surface area (Å²) in [4.78, 5) is 22.8. The van der Waals surface area contributed by atoms with Gasteiger partial charge in [-0.2, -0.15) is 11.8 Å². The van der Waals surface area contributed by atoms with Gasteiger partial charge in [-0.1, -0.05) is 6.92 Å². The van der Waals surface area contributed by atoms with Gasteiger partial charge in [0.25, 0.3) is 0 Å². The number of aliphatic carboxylic acids is 1. The van der Waals surface area contributed by atoms with E-state index in [0.29, 0.717) is 5.75 Å². The molecule has 1 saturated heterocycles. The van der Waals surface area contributed by atoms with Crippen LogP contribution in [0.4, 0.5) is 0 Å². The minimum Gasteiger partial charge on any atom is -0.474 e. The van der Waals surface area contributed by atoms with Crippen molar-refractivity contribution in [1.82, 2.24) is 4.90 Å². The minimum absolute atomic E-state index is 0.0956. The molecule has 1 rings (SSSR count). The molecule has 0 aromatic heterocycles. The summed E-state index contributed by atoms with van der Waals surface area (Å²) in [6.45, 7) is 1.65. The standard InChI is InChI=1S/C8H13NO5S2/c1-2-16(13,14)6-5-15-4-3-9(6)7(10)8(11)12/h6H,2-5H2,1H3,(H,11,12). The van der Waals surface area contributed by atoms with Gasteiger partial charge in [-0.15, -0.1) is 0 Å². The predicted octanol–water partition coefficient (Wildman–Crippen LogP) is -0.593. The molecule has 1 heterocycles. The molecule has 1 aliphatic heterocycles. The molecule has 0 saturated carbocycles. The lowest BCUT2D eigenvalue weighted by atomic mass is 10.4. The van der Waals surface area contributed by atoms with E-state index >= 15 is 0 Å². The van der Waals surface area contributed by atoms with Crippen LogP contribution in [-0.4, -0.2) is 59.5 Å². The molecule has 1 amide bonds. The van der Waals surface area contributed by atoms with Gasteiger partial charge < -0.3 is 10.0 Å². The Labute approximate surface area is 97.9 Å². The highest BCUT2D eigenvalue weighted by atomic mass is 32.2. The SMILES string of the molecule is CCS(=O)(=O)C1CSCCN1C(=O)C(=O)O. The molecule has 0 bridgehead atoms. The second-order valence-electron chi connectivity index (χ2n) is 3.28. The zero-order chi connectivity index (χ0) is 12.3. The van der Waals surface area contributed by atoms with Crippen LogP contribution < -0.4 is 0 Å². The molecule has 0 aromatic rings. The van der Waals surface area contributed by atoms with E-state index in [1.807, 2.05) is 0 Å². The Kier molecular flexibility index (Phi) is 4.20. The van der Waals surface area contributed by atoms with E-state index in [1.54, 1.807) is 0 Å². The number of rotatable bonds is 2. The van der Waals surface area contributed by atoms with Gasteiger partial charge in [-0.3, -0.25) is 4.79 Å². The summed E-state index contributed by atoms with van der Waals surface area (Å²) >= 11 is 1.41. The number of carbonyl (C=O) groups excluding carboxylic acids is 1. The molecule has 6 nitrogen and oxygen atoms in total. The molecule has 92 valence electrons. The van der Waals surface area contributed by atoms with Gasteiger partial charge in [0, 0.05) is 23.8 Å². The van der Waals surface area contributed by atoms with Crippen LogP contribution in [-0.2, 0) is 19.4 Å². The van der Waals surface area contributed by atoms with Crippen molar-refractivity contribution in [2.45, 2.75) is 12.3 Å². The molecule has 1 fully saturated rings. The van der Waals surface area contributed by atoms with Gasteiger partial charge >= 0.3 is 11.9 Å². The van der Waals surface area contributed by atoms with Gasteiger partial charge in [-0.05, 0) is 0 Å². The lowest BCUT2D eigenvalue weighted by Gasteiger charge is -2.33. The monoisotopic (exact) mass is 267 g/mol. The second-order valence-corrected chi connectivity index (χ2v) is 6.88. The minimum atomic E-state index is -3.43. The van der Waals surface area contributed by atoms with Crippen molar-refractivity contribution in [2.24, 2.45) is 0 Å². The Morgan fingerprint density at radius 2 is 2.12 bits per heavy atom. The van der Waals surface area contributed by atoms with Crippen LogP contribution >= 0.6 is 11.8 Å². The number of hydrogen-bond donors (Lipinski definition) is 1. The molecule has 8 heteroatoms. The first-order valence-corrected chi connectivity index (χ1v) is 7.60. The summed E-state index contributed by atoms with van der Waals surface area (Å²) in [7, 11) is -3.43. The maximum atomic E-state index is 11.7. The van der Waals surface area contributed by atoms with E-state index in [9.17, 15) is 18.0 Å². The Balaban J connectivity index is 2.96. The van der Waals surface area contributed by atoms with Gasteiger partial charge in [0.2, 0.25) is 0 Å². The van der Waals surface area contributed by atoms with E-state index in [4.69, 9.17) is 5.11 Å². The Morgan fingerprint density at radius 3 is 2.62 bits per heavy atom. The molecular formula is C8H13NO5S2. The molecule has 16 heavy (non-hydrogen) atoms. The van der Waals surface area contributed by atoms with Crippen molar-refractivity contribution < 1.29 is 23.1 Å². The summed E-state index contributed by atoms with van der Waals surface area (Å²) < 4.78 is 23.4. The third-order valence-corrected chi connectivity index (χ3v) is 5.63. The van der Waals surface area contributed by atoms with Gasteiger partial charge in [0.1, 0.15) is 5.37 Å². The molecule has 1 N–H and O–H groups in total. The number of thioether (sulfide) groups is 1. The lowest BCUT2D eigenvalue weighted by Crippen LogP contribution is -2.52. The summed E-state index contributed by atoms with van der Waals surface area (Å²) in [5.41, 5.74) is 0. The molecule has 0 spiro atoms. The summed E-state index contributed by atoms with van der Waals surface area (Å²) in [6, 6.07) is 0. The third kappa shape index (κ3) is 2.67. The number of carboxylic acid groups (broad SMARTS) is 1. The average Bonchev–Trinajstić information content (AvgIpc) is 2.28. The first-order chi connectivity index (χ1) is 7.40. The predicted molar refractivity (Wildman–Crippen MR) is 59.9 cm³/mol. The Bertz CT molecular complexity index is 391. The quantitative estimate of drug-likeness (QED) is 0.672. The highest BCUT2D eigenvalue weighted by Crippen LogP contribution is 2.21. The van der Waals surface area contributed by atoms with Crippen molar-refractivity contribution in [3.05, 3.63) is 0 Å². The first-order valence-electron chi connectivity index (χ1n) is 4.73. The van der Waals surface area contributed by atoms with Crippen molar-refractivity contribution in [3.8, 4) is 0 Å². The Hall–Kier alpha value is -0.760. The maximum Gasteiger partial charge on any atom is 0.394 e. The van der Waals surface area contributed by atoms with E-state index in [2.05, 4.69) is 0 Å². The average molecular weight is 267 g/mol. The fourth-order valence-corrected chi connectivity index (χ4v) is 4.39. The smallest absolute Gasteiger partial charge is 0.394 e. The third-order valence-electron chi connectivity index (χ3n) is 2.35. The zero-order valence-corrected chi connectivity index (χ0v) is 10.4. The molecule has 1 unspecified atom stereocenters.